The van der Waals surface area contributed by atoms with Crippen LogP contribution >= 0.6 is 0 Å². The Bertz CT molecular complexity index is 399. The van der Waals surface area contributed by atoms with Gasteiger partial charge >= 0.3 is 0 Å². The lowest BCUT2D eigenvalue weighted by Crippen LogP contribution is -2.06. The number of rotatable bonds is 8. The number of nitrogens with one attached hydrogen (secondary N) is 1. The maximum Gasteiger partial charge on any atom is 0.274 e. The lowest BCUT2D eigenvalue weighted by molar-refractivity contribution is -0.385. The molecule has 0 radical (unpaired) electrons. The summed E-state index contributed by atoms with van der Waals surface area (Å²) in [4.78, 5) is 9.93. The summed E-state index contributed by atoms with van der Waals surface area (Å²) in [5.41, 5.74) is 0.164. The molecule has 0 heterocycles. The summed E-state index contributed by atoms with van der Waals surface area (Å²) >= 11 is 0. The highest BCUT2D eigenvalue weighted by Gasteiger charge is 2.09. The Labute approximate surface area is 105 Å². The molecule has 0 aromatic heterocycles. The third-order valence-electron chi connectivity index (χ3n) is 2.24. The number of benzene rings is 1. The van der Waals surface area contributed by atoms with Crippen LogP contribution in [0.15, 0.2) is 18.2 Å². The fourth-order valence-electron chi connectivity index (χ4n) is 1.43. The van der Waals surface area contributed by atoms with Gasteiger partial charge in [-0.15, -0.1) is 0 Å². The Hall–Kier alpha value is -1.69. The van der Waals surface area contributed by atoms with Gasteiger partial charge in [-0.25, -0.2) is 4.39 Å². The van der Waals surface area contributed by atoms with Crippen molar-refractivity contribution < 1.29 is 14.1 Å². The van der Waals surface area contributed by atoms with Gasteiger partial charge in [-0.1, -0.05) is 6.92 Å². The van der Waals surface area contributed by atoms with Gasteiger partial charge < -0.3 is 10.1 Å². The normalized spacial score (nSPS) is 10.3. The van der Waals surface area contributed by atoms with Gasteiger partial charge in [-0.2, -0.15) is 0 Å². The Morgan fingerprint density at radius 3 is 2.83 bits per heavy atom. The molecule has 18 heavy (non-hydrogen) atoms. The van der Waals surface area contributed by atoms with Gasteiger partial charge in [0.05, 0.1) is 11.0 Å². The second-order valence-corrected chi connectivity index (χ2v) is 3.85. The maximum absolute atomic E-state index is 13.1. The van der Waals surface area contributed by atoms with Crippen molar-refractivity contribution in [1.82, 2.24) is 0 Å². The first kappa shape index (κ1) is 14.4. The van der Waals surface area contributed by atoms with Gasteiger partial charge in [0.15, 0.2) is 0 Å². The van der Waals surface area contributed by atoms with Crippen LogP contribution in [0.4, 0.5) is 15.8 Å². The first-order valence-corrected chi connectivity index (χ1v) is 5.90. The van der Waals surface area contributed by atoms with E-state index in [9.17, 15) is 14.5 Å². The van der Waals surface area contributed by atoms with Crippen molar-refractivity contribution in [3.8, 4) is 0 Å². The van der Waals surface area contributed by atoms with Gasteiger partial charge in [0, 0.05) is 31.5 Å². The van der Waals surface area contributed by atoms with Crippen LogP contribution in [0.5, 0.6) is 0 Å². The van der Waals surface area contributed by atoms with E-state index in [1.165, 1.54) is 12.1 Å². The molecule has 100 valence electrons. The van der Waals surface area contributed by atoms with Crippen molar-refractivity contribution in [2.24, 2.45) is 0 Å². The molecule has 1 N–H and O–H groups in total. The molecule has 1 aromatic rings. The molecule has 0 unspecified atom stereocenters. The predicted molar refractivity (Wildman–Crippen MR) is 67.3 cm³/mol. The van der Waals surface area contributed by atoms with Crippen molar-refractivity contribution in [2.75, 3.05) is 25.1 Å². The second-order valence-electron chi connectivity index (χ2n) is 3.85. The number of nitrogens with zero attached hydrogens (tertiary/aromatic N) is 1. The Kier molecular flexibility index (Phi) is 6.07. The molecule has 0 saturated heterocycles. The van der Waals surface area contributed by atoms with Crippen molar-refractivity contribution >= 4 is 11.4 Å². The molecule has 1 rings (SSSR count). The molecular weight excluding hydrogens is 239 g/mol. The van der Waals surface area contributed by atoms with Crippen LogP contribution in [-0.4, -0.2) is 24.7 Å². The SMILES string of the molecule is CCCOCCCNc1cc(F)cc([N+](=O)[O-])c1. The van der Waals surface area contributed by atoms with Gasteiger partial charge in [0.2, 0.25) is 0 Å². The van der Waals surface area contributed by atoms with Gasteiger partial charge in [-0.3, -0.25) is 10.1 Å². The number of nitro groups is 1. The Morgan fingerprint density at radius 2 is 2.17 bits per heavy atom. The highest BCUT2D eigenvalue weighted by atomic mass is 19.1. The van der Waals surface area contributed by atoms with Crippen LogP contribution in [-0.2, 0) is 4.74 Å². The van der Waals surface area contributed by atoms with E-state index < -0.39 is 10.7 Å². The zero-order chi connectivity index (χ0) is 13.4. The topological polar surface area (TPSA) is 64.4 Å². The Balaban J connectivity index is 2.40. The number of hydrogen-bond acceptors (Lipinski definition) is 4. The van der Waals surface area contributed by atoms with E-state index in [0.717, 1.165) is 25.5 Å². The second kappa shape index (κ2) is 7.60. The summed E-state index contributed by atoms with van der Waals surface area (Å²) < 4.78 is 18.4. The van der Waals surface area contributed by atoms with Gasteiger partial charge in [0.25, 0.3) is 5.69 Å². The molecule has 6 heteroatoms. The van der Waals surface area contributed by atoms with E-state index in [0.29, 0.717) is 18.8 Å². The molecular formula is C12H17FN2O3. The smallest absolute Gasteiger partial charge is 0.274 e. The zero-order valence-corrected chi connectivity index (χ0v) is 10.3. The van der Waals surface area contributed by atoms with Gasteiger partial charge in [0.1, 0.15) is 5.82 Å². The predicted octanol–water partition coefficient (Wildman–Crippen LogP) is 2.96. The van der Waals surface area contributed by atoms with Crippen molar-refractivity contribution in [2.45, 2.75) is 19.8 Å². The van der Waals surface area contributed by atoms with Crippen LogP contribution in [0.2, 0.25) is 0 Å². The third kappa shape index (κ3) is 5.09. The molecule has 0 atom stereocenters. The highest BCUT2D eigenvalue weighted by molar-refractivity contribution is 5.51. The van der Waals surface area contributed by atoms with Crippen LogP contribution < -0.4 is 5.32 Å². The first-order valence-electron chi connectivity index (χ1n) is 5.90. The number of non-ortho nitro benzene ring substituents is 1. The van der Waals surface area contributed by atoms with E-state index in [1.54, 1.807) is 0 Å². The monoisotopic (exact) mass is 256 g/mol. The van der Waals surface area contributed by atoms with E-state index in [4.69, 9.17) is 4.74 Å². The minimum absolute atomic E-state index is 0.250. The standard InChI is InChI=1S/C12H17FN2O3/c1-2-5-18-6-3-4-14-11-7-10(13)8-12(9-11)15(16)17/h7-9,14H,2-6H2,1H3. The third-order valence-corrected chi connectivity index (χ3v) is 2.24. The van der Waals surface area contributed by atoms with Crippen LogP contribution in [0.3, 0.4) is 0 Å². The molecule has 5 nitrogen and oxygen atoms in total. The molecule has 0 spiro atoms. The molecule has 0 aliphatic heterocycles. The molecule has 1 aromatic carbocycles. The largest absolute Gasteiger partial charge is 0.385 e. The van der Waals surface area contributed by atoms with Gasteiger partial charge in [-0.05, 0) is 18.9 Å². The van der Waals surface area contributed by atoms with E-state index >= 15 is 0 Å². The lowest BCUT2D eigenvalue weighted by atomic mass is 10.2. The summed E-state index contributed by atoms with van der Waals surface area (Å²) in [6.07, 6.45) is 1.74. The number of nitro benzene ring substituents is 1. The zero-order valence-electron chi connectivity index (χ0n) is 10.3. The van der Waals surface area contributed by atoms with Crippen LogP contribution in [0.25, 0.3) is 0 Å². The van der Waals surface area contributed by atoms with Crippen molar-refractivity contribution in [3.05, 3.63) is 34.1 Å². The fourth-order valence-corrected chi connectivity index (χ4v) is 1.43. The lowest BCUT2D eigenvalue weighted by Gasteiger charge is -2.06. The summed E-state index contributed by atoms with van der Waals surface area (Å²) in [5, 5.41) is 13.5. The molecule has 0 amide bonds. The molecule has 0 fully saturated rings. The number of ether oxygens (including phenoxy) is 1. The highest BCUT2D eigenvalue weighted by Crippen LogP contribution is 2.19. The van der Waals surface area contributed by atoms with Crippen LogP contribution in [0.1, 0.15) is 19.8 Å². The van der Waals surface area contributed by atoms with E-state index in [-0.39, 0.29) is 5.69 Å². The maximum atomic E-state index is 13.1. The summed E-state index contributed by atoms with van der Waals surface area (Å²) in [6, 6.07) is 3.45. The number of anilines is 1. The summed E-state index contributed by atoms with van der Waals surface area (Å²) in [5.74, 6) is -0.617. The van der Waals surface area contributed by atoms with Crippen LogP contribution in [0, 0.1) is 15.9 Å². The first-order chi connectivity index (χ1) is 8.63. The van der Waals surface area contributed by atoms with E-state index in [2.05, 4.69) is 5.32 Å². The minimum Gasteiger partial charge on any atom is -0.385 e. The summed E-state index contributed by atoms with van der Waals surface area (Å²) in [7, 11) is 0. The van der Waals surface area contributed by atoms with Crippen molar-refractivity contribution in [3.63, 3.8) is 0 Å². The quantitative estimate of drug-likeness (QED) is 0.441. The fraction of sp³-hybridized carbons (Fsp3) is 0.500. The van der Waals surface area contributed by atoms with E-state index in [1.807, 2.05) is 6.92 Å². The molecule has 0 aliphatic carbocycles. The molecule has 0 saturated carbocycles. The number of hydrogen-bond donors (Lipinski definition) is 1. The molecule has 0 aliphatic rings. The average Bonchev–Trinajstić information content (AvgIpc) is 2.33. The summed E-state index contributed by atoms with van der Waals surface area (Å²) in [6.45, 7) is 3.97. The van der Waals surface area contributed by atoms with Crippen molar-refractivity contribution in [1.29, 1.82) is 0 Å². The average molecular weight is 256 g/mol. The number of halogens is 1. The Morgan fingerprint density at radius 1 is 1.39 bits per heavy atom. The minimum atomic E-state index is -0.617. The molecule has 0 bridgehead atoms.